The predicted molar refractivity (Wildman–Crippen MR) is 61.1 cm³/mol. The van der Waals surface area contributed by atoms with Crippen molar-refractivity contribution >= 4 is 29.2 Å². The van der Waals surface area contributed by atoms with Crippen molar-refractivity contribution < 1.29 is 14.3 Å². The molecule has 0 unspecified atom stereocenters. The van der Waals surface area contributed by atoms with Gasteiger partial charge >= 0.3 is 5.97 Å². The average molecular weight is 251 g/mol. The molecule has 0 heterocycles. The lowest BCUT2D eigenvalue weighted by Gasteiger charge is -2.09. The monoisotopic (exact) mass is 250 g/mol. The van der Waals surface area contributed by atoms with Gasteiger partial charge in [0.15, 0.2) is 5.75 Å². The van der Waals surface area contributed by atoms with Crippen molar-refractivity contribution in [3.63, 3.8) is 0 Å². The quantitative estimate of drug-likeness (QED) is 0.755. The number of carbonyl (C=O) groups excluding carboxylic acids is 1. The van der Waals surface area contributed by atoms with Crippen molar-refractivity contribution in [1.29, 1.82) is 0 Å². The Balaban J connectivity index is 0.00000196. The lowest BCUT2D eigenvalue weighted by molar-refractivity contribution is 0.0597. The number of carbonyl (C=O) groups is 1. The second kappa shape index (κ2) is 5.83. The van der Waals surface area contributed by atoms with Crippen LogP contribution in [0.3, 0.4) is 0 Å². The highest BCUT2D eigenvalue weighted by Gasteiger charge is 2.19. The Morgan fingerprint density at radius 1 is 1.20 bits per heavy atom. The summed E-state index contributed by atoms with van der Waals surface area (Å²) in [5.41, 5.74) is 0.143. The van der Waals surface area contributed by atoms with E-state index in [0.717, 1.165) is 0 Å². The third-order valence-corrected chi connectivity index (χ3v) is 2.27. The molecular weight excluding hydrogens is 239 g/mol. The van der Waals surface area contributed by atoms with E-state index >= 15 is 0 Å². The maximum absolute atomic E-state index is 11.3. The van der Waals surface area contributed by atoms with Gasteiger partial charge < -0.3 is 9.47 Å². The second-order valence-corrected chi connectivity index (χ2v) is 3.24. The number of ether oxygens (including phenoxy) is 2. The SMILES string of the molecule is C.COC(=O)c1c(Cl)ccc(Cl)c1OC. The van der Waals surface area contributed by atoms with Gasteiger partial charge in [0, 0.05) is 0 Å². The topological polar surface area (TPSA) is 35.5 Å². The van der Waals surface area contributed by atoms with Gasteiger partial charge in [-0.05, 0) is 12.1 Å². The van der Waals surface area contributed by atoms with Crippen molar-refractivity contribution in [3.05, 3.63) is 27.7 Å². The molecule has 5 heteroatoms. The first kappa shape index (κ1) is 14.1. The normalized spacial score (nSPS) is 9.07. The van der Waals surface area contributed by atoms with Gasteiger partial charge in [0.25, 0.3) is 0 Å². The molecule has 0 saturated heterocycles. The first-order chi connectivity index (χ1) is 6.61. The molecule has 0 spiro atoms. The van der Waals surface area contributed by atoms with Crippen molar-refractivity contribution in [3.8, 4) is 5.75 Å². The average Bonchev–Trinajstić information content (AvgIpc) is 2.19. The van der Waals surface area contributed by atoms with Crippen LogP contribution in [0.2, 0.25) is 10.0 Å². The Morgan fingerprint density at radius 3 is 2.20 bits per heavy atom. The van der Waals surface area contributed by atoms with Crippen molar-refractivity contribution in [1.82, 2.24) is 0 Å². The molecule has 0 amide bonds. The Morgan fingerprint density at radius 2 is 1.73 bits per heavy atom. The lowest BCUT2D eigenvalue weighted by atomic mass is 10.2. The zero-order valence-corrected chi connectivity index (χ0v) is 9.15. The van der Waals surface area contributed by atoms with E-state index in [9.17, 15) is 4.79 Å². The van der Waals surface area contributed by atoms with Gasteiger partial charge in [-0.2, -0.15) is 0 Å². The van der Waals surface area contributed by atoms with E-state index in [-0.39, 0.29) is 23.8 Å². The molecular formula is C10H12Cl2O3. The summed E-state index contributed by atoms with van der Waals surface area (Å²) >= 11 is 11.6. The Labute approximate surface area is 98.9 Å². The summed E-state index contributed by atoms with van der Waals surface area (Å²) in [7, 11) is 2.67. The van der Waals surface area contributed by atoms with Gasteiger partial charge in [-0.25, -0.2) is 4.79 Å². The predicted octanol–water partition coefficient (Wildman–Crippen LogP) is 3.42. The van der Waals surface area contributed by atoms with Crippen molar-refractivity contribution in [2.75, 3.05) is 14.2 Å². The first-order valence-corrected chi connectivity index (χ1v) is 4.47. The number of methoxy groups -OCH3 is 2. The van der Waals surface area contributed by atoms with Crippen LogP contribution in [0.5, 0.6) is 5.75 Å². The molecule has 1 aromatic rings. The van der Waals surface area contributed by atoms with E-state index < -0.39 is 5.97 Å². The van der Waals surface area contributed by atoms with Crippen LogP contribution in [0.1, 0.15) is 17.8 Å². The van der Waals surface area contributed by atoms with E-state index in [0.29, 0.717) is 5.02 Å². The summed E-state index contributed by atoms with van der Waals surface area (Å²) in [6.45, 7) is 0. The number of esters is 1. The smallest absolute Gasteiger partial charge is 0.343 e. The molecule has 0 aliphatic carbocycles. The summed E-state index contributed by atoms with van der Waals surface area (Å²) in [4.78, 5) is 11.3. The van der Waals surface area contributed by atoms with Crippen LogP contribution in [0.15, 0.2) is 12.1 Å². The van der Waals surface area contributed by atoms with E-state index in [4.69, 9.17) is 27.9 Å². The Bertz CT molecular complexity index is 364. The van der Waals surface area contributed by atoms with Crippen LogP contribution in [0.4, 0.5) is 0 Å². The van der Waals surface area contributed by atoms with E-state index in [1.54, 1.807) is 6.07 Å². The third kappa shape index (κ3) is 2.76. The maximum atomic E-state index is 11.3. The molecule has 3 nitrogen and oxygen atoms in total. The van der Waals surface area contributed by atoms with Crippen LogP contribution in [0.25, 0.3) is 0 Å². The standard InChI is InChI=1S/C9H8Cl2O3.CH4/c1-13-8-6(11)4-3-5(10)7(8)9(12)14-2;/h3-4H,1-2H3;1H4. The van der Waals surface area contributed by atoms with Crippen LogP contribution >= 0.6 is 23.2 Å². The van der Waals surface area contributed by atoms with Crippen molar-refractivity contribution in [2.24, 2.45) is 0 Å². The zero-order valence-electron chi connectivity index (χ0n) is 7.64. The van der Waals surface area contributed by atoms with Crippen molar-refractivity contribution in [2.45, 2.75) is 7.43 Å². The number of rotatable bonds is 2. The number of hydrogen-bond acceptors (Lipinski definition) is 3. The van der Waals surface area contributed by atoms with E-state index in [1.807, 2.05) is 0 Å². The van der Waals surface area contributed by atoms with Gasteiger partial charge in [-0.3, -0.25) is 0 Å². The van der Waals surface area contributed by atoms with Crippen LogP contribution in [-0.4, -0.2) is 20.2 Å². The fourth-order valence-electron chi connectivity index (χ4n) is 1.03. The number of hydrogen-bond donors (Lipinski definition) is 0. The minimum atomic E-state index is -0.575. The highest BCUT2D eigenvalue weighted by molar-refractivity contribution is 6.37. The van der Waals surface area contributed by atoms with Gasteiger partial charge in [0.2, 0.25) is 0 Å². The molecule has 0 aliphatic heterocycles. The van der Waals surface area contributed by atoms with Gasteiger partial charge in [0.05, 0.1) is 24.3 Å². The summed E-state index contributed by atoms with van der Waals surface area (Å²) in [6, 6.07) is 3.06. The molecule has 84 valence electrons. The van der Waals surface area contributed by atoms with Crippen LogP contribution < -0.4 is 4.74 Å². The van der Waals surface area contributed by atoms with Crippen LogP contribution in [-0.2, 0) is 4.74 Å². The molecule has 15 heavy (non-hydrogen) atoms. The highest BCUT2D eigenvalue weighted by Crippen LogP contribution is 2.34. The van der Waals surface area contributed by atoms with Gasteiger partial charge in [-0.15, -0.1) is 0 Å². The molecule has 0 saturated carbocycles. The highest BCUT2D eigenvalue weighted by atomic mass is 35.5. The summed E-state index contributed by atoms with van der Waals surface area (Å²) < 4.78 is 9.52. The van der Waals surface area contributed by atoms with E-state index in [2.05, 4.69) is 4.74 Å². The molecule has 0 aliphatic rings. The zero-order chi connectivity index (χ0) is 10.7. The second-order valence-electron chi connectivity index (χ2n) is 2.43. The lowest BCUT2D eigenvalue weighted by Crippen LogP contribution is -2.05. The number of halogens is 2. The fraction of sp³-hybridized carbons (Fsp3) is 0.300. The molecule has 0 N–H and O–H groups in total. The molecule has 0 atom stereocenters. The van der Waals surface area contributed by atoms with E-state index in [1.165, 1.54) is 20.3 Å². The molecule has 0 radical (unpaired) electrons. The Hall–Kier alpha value is -0.930. The van der Waals surface area contributed by atoms with Gasteiger partial charge in [0.1, 0.15) is 5.56 Å². The third-order valence-electron chi connectivity index (χ3n) is 1.65. The molecule has 0 fully saturated rings. The number of benzene rings is 1. The molecule has 1 rings (SSSR count). The largest absolute Gasteiger partial charge is 0.494 e. The van der Waals surface area contributed by atoms with Crippen LogP contribution in [0, 0.1) is 0 Å². The Kier molecular flexibility index (Phi) is 5.47. The minimum Gasteiger partial charge on any atom is -0.494 e. The molecule has 0 bridgehead atoms. The minimum absolute atomic E-state index is 0. The first-order valence-electron chi connectivity index (χ1n) is 3.72. The molecule has 1 aromatic carbocycles. The maximum Gasteiger partial charge on any atom is 0.343 e. The summed E-state index contributed by atoms with van der Waals surface area (Å²) in [5, 5.41) is 0.565. The molecule has 0 aromatic heterocycles. The fourth-order valence-corrected chi connectivity index (χ4v) is 1.49. The summed E-state index contributed by atoms with van der Waals surface area (Å²) in [5.74, 6) is -0.347. The summed E-state index contributed by atoms with van der Waals surface area (Å²) in [6.07, 6.45) is 0. The van der Waals surface area contributed by atoms with Gasteiger partial charge in [-0.1, -0.05) is 30.6 Å².